The average molecular weight is 448 g/mol. The van der Waals surface area contributed by atoms with Gasteiger partial charge < -0.3 is 15.0 Å². The Bertz CT molecular complexity index is 1100. The van der Waals surface area contributed by atoms with Gasteiger partial charge in [0.05, 0.1) is 31.6 Å². The normalized spacial score (nSPS) is 14.1. The number of likely N-dealkylation sites (tertiary alicyclic amines) is 1. The summed E-state index contributed by atoms with van der Waals surface area (Å²) in [6.45, 7) is 1.67. The summed E-state index contributed by atoms with van der Waals surface area (Å²) in [4.78, 5) is 30.5. The number of nitrogens with one attached hydrogen (secondary N) is 1. The van der Waals surface area contributed by atoms with Crippen LogP contribution in [0, 0.1) is 0 Å². The second-order valence-corrected chi connectivity index (χ2v) is 8.09. The minimum Gasteiger partial charge on any atom is -0.497 e. The number of hydrogen-bond donors (Lipinski definition) is 1. The fraction of sp³-hybridized carbons (Fsp3) is 0.360. The Balaban J connectivity index is 1.47. The molecule has 4 rings (SSSR count). The first-order valence-corrected chi connectivity index (χ1v) is 11.3. The lowest BCUT2D eigenvalue weighted by atomic mass is 10.1. The minimum absolute atomic E-state index is 0.0659. The van der Waals surface area contributed by atoms with Gasteiger partial charge in [0, 0.05) is 43.0 Å². The minimum atomic E-state index is -0.146. The molecule has 1 aliphatic rings. The number of benzene rings is 1. The number of carbonyl (C=O) groups is 2. The fourth-order valence-electron chi connectivity index (χ4n) is 3.99. The number of carbonyl (C=O) groups excluding carboxylic acids is 2. The van der Waals surface area contributed by atoms with Crippen LogP contribution in [-0.4, -0.2) is 58.2 Å². The van der Waals surface area contributed by atoms with E-state index in [1.807, 2.05) is 47.1 Å². The molecule has 0 spiro atoms. The molecule has 0 atom stereocenters. The van der Waals surface area contributed by atoms with Gasteiger partial charge in [-0.25, -0.2) is 0 Å². The molecule has 33 heavy (non-hydrogen) atoms. The van der Waals surface area contributed by atoms with Crippen LogP contribution in [0.3, 0.4) is 0 Å². The van der Waals surface area contributed by atoms with E-state index in [0.717, 1.165) is 47.5 Å². The third kappa shape index (κ3) is 5.77. The molecule has 2 aromatic heterocycles. The molecule has 3 heterocycles. The maximum Gasteiger partial charge on any atom is 0.239 e. The van der Waals surface area contributed by atoms with Crippen LogP contribution < -0.4 is 10.1 Å². The molecule has 0 saturated carbocycles. The van der Waals surface area contributed by atoms with Crippen molar-refractivity contribution in [2.24, 2.45) is 0 Å². The van der Waals surface area contributed by atoms with Crippen molar-refractivity contribution >= 4 is 11.8 Å². The number of methoxy groups -OCH3 is 1. The molecule has 0 aliphatic carbocycles. The maximum absolute atomic E-state index is 12.5. The monoisotopic (exact) mass is 447 g/mol. The lowest BCUT2D eigenvalue weighted by Crippen LogP contribution is -2.41. The van der Waals surface area contributed by atoms with E-state index < -0.39 is 0 Å². The highest BCUT2D eigenvalue weighted by atomic mass is 16.5. The summed E-state index contributed by atoms with van der Waals surface area (Å²) in [5.74, 6) is 0.683. The SMILES string of the molecule is COc1cccc(-c2cc(-c3cccnc3)nn2CCNC(=O)CN2CCCCCC2=O)c1. The van der Waals surface area contributed by atoms with Gasteiger partial charge in [0.2, 0.25) is 11.8 Å². The summed E-state index contributed by atoms with van der Waals surface area (Å²) in [7, 11) is 1.64. The average Bonchev–Trinajstić information content (AvgIpc) is 3.17. The topological polar surface area (TPSA) is 89.3 Å². The van der Waals surface area contributed by atoms with Crippen molar-refractivity contribution in [2.45, 2.75) is 32.2 Å². The second-order valence-electron chi connectivity index (χ2n) is 8.09. The largest absolute Gasteiger partial charge is 0.497 e. The molecular formula is C25H29N5O3. The van der Waals surface area contributed by atoms with Crippen LogP contribution in [0.25, 0.3) is 22.5 Å². The first-order chi connectivity index (χ1) is 16.1. The summed E-state index contributed by atoms with van der Waals surface area (Å²) in [6, 6.07) is 13.7. The Morgan fingerprint density at radius 3 is 2.82 bits per heavy atom. The number of rotatable bonds is 8. The van der Waals surface area contributed by atoms with Crippen molar-refractivity contribution < 1.29 is 14.3 Å². The first kappa shape index (κ1) is 22.5. The third-order valence-electron chi connectivity index (χ3n) is 5.75. The molecule has 8 heteroatoms. The van der Waals surface area contributed by atoms with E-state index in [9.17, 15) is 9.59 Å². The number of amides is 2. The number of pyridine rings is 1. The molecule has 172 valence electrons. The lowest BCUT2D eigenvalue weighted by Gasteiger charge is -2.19. The molecule has 1 N–H and O–H groups in total. The highest BCUT2D eigenvalue weighted by Crippen LogP contribution is 2.28. The van der Waals surface area contributed by atoms with Gasteiger partial charge in [-0.1, -0.05) is 18.6 Å². The number of nitrogens with zero attached hydrogens (tertiary/aromatic N) is 4. The molecule has 1 saturated heterocycles. The van der Waals surface area contributed by atoms with Crippen LogP contribution in [0.1, 0.15) is 25.7 Å². The number of ether oxygens (including phenoxy) is 1. The van der Waals surface area contributed by atoms with Gasteiger partial charge in [0.25, 0.3) is 0 Å². The van der Waals surface area contributed by atoms with Gasteiger partial charge >= 0.3 is 0 Å². The summed E-state index contributed by atoms with van der Waals surface area (Å²) in [6.07, 6.45) is 6.93. The fourth-order valence-corrected chi connectivity index (χ4v) is 3.99. The molecule has 0 bridgehead atoms. The van der Waals surface area contributed by atoms with Crippen LogP contribution in [0.2, 0.25) is 0 Å². The van der Waals surface area contributed by atoms with Crippen molar-refractivity contribution in [1.29, 1.82) is 0 Å². The smallest absolute Gasteiger partial charge is 0.239 e. The van der Waals surface area contributed by atoms with E-state index in [-0.39, 0.29) is 18.4 Å². The quantitative estimate of drug-likeness (QED) is 0.573. The number of hydrogen-bond acceptors (Lipinski definition) is 5. The molecule has 1 fully saturated rings. The Morgan fingerprint density at radius 2 is 2.00 bits per heavy atom. The van der Waals surface area contributed by atoms with Crippen molar-refractivity contribution in [3.8, 4) is 28.3 Å². The summed E-state index contributed by atoms with van der Waals surface area (Å²) >= 11 is 0. The molecule has 1 aliphatic heterocycles. The van der Waals surface area contributed by atoms with E-state index in [4.69, 9.17) is 9.84 Å². The Kier molecular flexibility index (Phi) is 7.34. The van der Waals surface area contributed by atoms with Crippen LogP contribution in [0.4, 0.5) is 0 Å². The zero-order chi connectivity index (χ0) is 23.0. The van der Waals surface area contributed by atoms with Gasteiger partial charge in [0.1, 0.15) is 5.75 Å². The van der Waals surface area contributed by atoms with E-state index in [0.29, 0.717) is 26.1 Å². The van der Waals surface area contributed by atoms with Crippen LogP contribution in [0.15, 0.2) is 54.9 Å². The highest BCUT2D eigenvalue weighted by Gasteiger charge is 2.19. The van der Waals surface area contributed by atoms with Crippen molar-refractivity contribution in [1.82, 2.24) is 25.0 Å². The zero-order valence-electron chi connectivity index (χ0n) is 18.9. The van der Waals surface area contributed by atoms with Crippen LogP contribution in [0.5, 0.6) is 5.75 Å². The summed E-state index contributed by atoms with van der Waals surface area (Å²) in [5, 5.41) is 7.71. The molecule has 2 amide bonds. The Labute approximate surface area is 193 Å². The molecule has 0 unspecified atom stereocenters. The maximum atomic E-state index is 12.5. The first-order valence-electron chi connectivity index (χ1n) is 11.3. The van der Waals surface area contributed by atoms with Gasteiger partial charge in [0.15, 0.2) is 0 Å². The second kappa shape index (κ2) is 10.8. The van der Waals surface area contributed by atoms with Gasteiger partial charge in [-0.2, -0.15) is 5.10 Å². The van der Waals surface area contributed by atoms with Crippen molar-refractivity contribution in [2.75, 3.05) is 26.7 Å². The Hall–Kier alpha value is -3.68. The van der Waals surface area contributed by atoms with Gasteiger partial charge in [-0.3, -0.25) is 19.3 Å². The highest BCUT2D eigenvalue weighted by molar-refractivity contribution is 5.84. The standard InChI is InChI=1S/C25H29N5O3/c1-33-21-9-5-7-19(15-21)23-16-22(20-8-6-11-26-17-20)28-30(23)14-12-27-24(31)18-29-13-4-2-3-10-25(29)32/h5-9,11,15-17H,2-4,10,12-14,18H2,1H3,(H,27,31). The molecule has 1 aromatic carbocycles. The molecule has 0 radical (unpaired) electrons. The van der Waals surface area contributed by atoms with Crippen LogP contribution >= 0.6 is 0 Å². The molecular weight excluding hydrogens is 418 g/mol. The van der Waals surface area contributed by atoms with Crippen LogP contribution in [-0.2, 0) is 16.1 Å². The predicted octanol–water partition coefficient (Wildman–Crippen LogP) is 3.14. The Morgan fingerprint density at radius 1 is 1.12 bits per heavy atom. The van der Waals surface area contributed by atoms with E-state index in [1.54, 1.807) is 24.4 Å². The third-order valence-corrected chi connectivity index (χ3v) is 5.75. The number of aromatic nitrogens is 3. The van der Waals surface area contributed by atoms with Gasteiger partial charge in [-0.15, -0.1) is 0 Å². The summed E-state index contributed by atoms with van der Waals surface area (Å²) < 4.78 is 7.26. The zero-order valence-corrected chi connectivity index (χ0v) is 18.9. The van der Waals surface area contributed by atoms with Crippen molar-refractivity contribution in [3.05, 3.63) is 54.9 Å². The molecule has 8 nitrogen and oxygen atoms in total. The van der Waals surface area contributed by atoms with Gasteiger partial charge in [-0.05, 0) is 43.2 Å². The van der Waals surface area contributed by atoms with Crippen molar-refractivity contribution in [3.63, 3.8) is 0 Å². The van der Waals surface area contributed by atoms with E-state index >= 15 is 0 Å². The van der Waals surface area contributed by atoms with E-state index in [1.165, 1.54) is 0 Å². The lowest BCUT2D eigenvalue weighted by molar-refractivity contribution is -0.135. The van der Waals surface area contributed by atoms with E-state index in [2.05, 4.69) is 10.3 Å². The molecule has 3 aromatic rings. The predicted molar refractivity (Wildman–Crippen MR) is 126 cm³/mol. The summed E-state index contributed by atoms with van der Waals surface area (Å²) in [5.41, 5.74) is 3.62.